The van der Waals surface area contributed by atoms with Gasteiger partial charge in [0.05, 0.1) is 10.6 Å². The van der Waals surface area contributed by atoms with Crippen molar-refractivity contribution in [2.24, 2.45) is 0 Å². The largest absolute Gasteiger partial charge is 0.478 e. The average Bonchev–Trinajstić information content (AvgIpc) is 3.25. The van der Waals surface area contributed by atoms with Crippen molar-refractivity contribution < 1.29 is 27.8 Å². The third-order valence-corrected chi connectivity index (χ3v) is 5.51. The van der Waals surface area contributed by atoms with Crippen LogP contribution in [-0.2, 0) is 6.61 Å². The van der Waals surface area contributed by atoms with E-state index in [1.165, 1.54) is 30.5 Å². The molecule has 4 nitrogen and oxygen atoms in total. The molecule has 164 valence electrons. The molecule has 0 radical (unpaired) electrons. The van der Waals surface area contributed by atoms with E-state index in [0.717, 1.165) is 29.7 Å². The molecule has 8 heteroatoms. The number of carboxylic acids is 1. The number of pyridine rings is 1. The second-order valence-electron chi connectivity index (χ2n) is 7.32. The van der Waals surface area contributed by atoms with E-state index in [0.29, 0.717) is 29.0 Å². The van der Waals surface area contributed by atoms with Crippen molar-refractivity contribution in [2.75, 3.05) is 0 Å². The lowest BCUT2D eigenvalue weighted by Gasteiger charge is -2.15. The third-order valence-electron chi connectivity index (χ3n) is 5.30. The first-order valence-electron chi connectivity index (χ1n) is 9.82. The van der Waals surface area contributed by atoms with Crippen LogP contribution in [0.2, 0.25) is 5.02 Å². The summed E-state index contributed by atoms with van der Waals surface area (Å²) in [5.41, 5.74) is 2.44. The van der Waals surface area contributed by atoms with Crippen molar-refractivity contribution in [3.63, 3.8) is 0 Å². The summed E-state index contributed by atoms with van der Waals surface area (Å²) < 4.78 is 47.1. The molecular weight excluding hydrogens is 443 g/mol. The van der Waals surface area contributed by atoms with Gasteiger partial charge in [0, 0.05) is 17.3 Å². The minimum absolute atomic E-state index is 0.0398. The Balaban J connectivity index is 1.74. The zero-order chi connectivity index (χ0) is 22.8. The molecule has 1 aliphatic rings. The molecule has 0 saturated carbocycles. The van der Waals surface area contributed by atoms with Crippen LogP contribution in [0.5, 0.6) is 5.88 Å². The zero-order valence-corrected chi connectivity index (χ0v) is 17.4. The Morgan fingerprint density at radius 1 is 1.06 bits per heavy atom. The van der Waals surface area contributed by atoms with Gasteiger partial charge in [0.25, 0.3) is 0 Å². The van der Waals surface area contributed by atoms with Crippen LogP contribution in [0, 0.1) is 17.5 Å². The molecule has 1 aliphatic carbocycles. The van der Waals surface area contributed by atoms with Crippen LogP contribution in [0.15, 0.2) is 48.7 Å². The maximum absolute atomic E-state index is 14.0. The van der Waals surface area contributed by atoms with E-state index in [1.807, 2.05) is 0 Å². The van der Waals surface area contributed by atoms with Gasteiger partial charge < -0.3 is 9.84 Å². The van der Waals surface area contributed by atoms with Gasteiger partial charge in [-0.25, -0.2) is 22.9 Å². The first-order valence-corrected chi connectivity index (χ1v) is 10.2. The van der Waals surface area contributed by atoms with Crippen molar-refractivity contribution in [1.82, 2.24) is 4.98 Å². The molecule has 0 bridgehead atoms. The van der Waals surface area contributed by atoms with E-state index in [2.05, 4.69) is 4.98 Å². The number of aromatic nitrogens is 1. The molecule has 4 rings (SSSR count). The number of hydrogen-bond acceptors (Lipinski definition) is 3. The smallest absolute Gasteiger partial charge is 0.338 e. The molecule has 0 saturated heterocycles. The fourth-order valence-corrected chi connectivity index (χ4v) is 3.96. The number of allylic oxidation sites excluding steroid dienone is 2. The highest BCUT2D eigenvalue weighted by atomic mass is 35.5. The second kappa shape index (κ2) is 9.04. The number of ether oxygens (including phenoxy) is 1. The lowest BCUT2D eigenvalue weighted by atomic mass is 9.96. The van der Waals surface area contributed by atoms with E-state index in [-0.39, 0.29) is 18.1 Å². The Morgan fingerprint density at radius 3 is 2.62 bits per heavy atom. The van der Waals surface area contributed by atoms with Crippen molar-refractivity contribution in [1.29, 1.82) is 0 Å². The number of benzene rings is 2. The number of carboxylic acid groups (broad SMARTS) is 1. The van der Waals surface area contributed by atoms with Gasteiger partial charge in [0.1, 0.15) is 12.4 Å². The van der Waals surface area contributed by atoms with Gasteiger partial charge in [-0.2, -0.15) is 0 Å². The van der Waals surface area contributed by atoms with E-state index in [1.54, 1.807) is 6.07 Å². The molecule has 0 amide bonds. The minimum atomic E-state index is -1.35. The summed E-state index contributed by atoms with van der Waals surface area (Å²) in [4.78, 5) is 15.6. The van der Waals surface area contributed by atoms with Gasteiger partial charge in [-0.1, -0.05) is 29.8 Å². The maximum atomic E-state index is 14.0. The molecule has 2 aromatic carbocycles. The van der Waals surface area contributed by atoms with Crippen molar-refractivity contribution >= 4 is 28.7 Å². The van der Waals surface area contributed by atoms with Crippen molar-refractivity contribution in [3.8, 4) is 5.88 Å². The Labute approximate surface area is 186 Å². The normalized spacial score (nSPS) is 13.5. The predicted molar refractivity (Wildman–Crippen MR) is 114 cm³/mol. The van der Waals surface area contributed by atoms with E-state index >= 15 is 0 Å². The standard InChI is InChI=1S/C24H17ClF3NO3/c25-15-10-18(23(29-11-15)32-12-14-3-1-6-21(27)22(14)28)17-5-2-4-16(17)13-7-8-20(26)19(9-13)24(30)31/h1,3,6-11H,2,4-5,12H2,(H,30,31). The summed E-state index contributed by atoms with van der Waals surface area (Å²) in [7, 11) is 0. The Bertz CT molecular complexity index is 1240. The minimum Gasteiger partial charge on any atom is -0.478 e. The number of rotatable bonds is 6. The highest BCUT2D eigenvalue weighted by Crippen LogP contribution is 2.43. The lowest BCUT2D eigenvalue weighted by molar-refractivity contribution is 0.0692. The molecule has 0 unspecified atom stereocenters. The molecule has 0 fully saturated rings. The number of nitrogens with zero attached hydrogens (tertiary/aromatic N) is 1. The van der Waals surface area contributed by atoms with Crippen LogP contribution >= 0.6 is 11.6 Å². The van der Waals surface area contributed by atoms with E-state index in [4.69, 9.17) is 16.3 Å². The van der Waals surface area contributed by atoms with Gasteiger partial charge in [-0.15, -0.1) is 0 Å². The summed E-state index contributed by atoms with van der Waals surface area (Å²) in [6.07, 6.45) is 3.46. The molecule has 0 atom stereocenters. The van der Waals surface area contributed by atoms with Crippen molar-refractivity contribution in [3.05, 3.63) is 93.4 Å². The summed E-state index contributed by atoms with van der Waals surface area (Å²) >= 11 is 6.16. The fraction of sp³-hybridized carbons (Fsp3) is 0.167. The van der Waals surface area contributed by atoms with Crippen LogP contribution in [0.3, 0.4) is 0 Å². The predicted octanol–water partition coefficient (Wildman–Crippen LogP) is 6.52. The van der Waals surface area contributed by atoms with E-state index < -0.39 is 29.0 Å². The summed E-state index contributed by atoms with van der Waals surface area (Å²) in [5, 5.41) is 9.61. The summed E-state index contributed by atoms with van der Waals surface area (Å²) in [5.74, 6) is -3.94. The van der Waals surface area contributed by atoms with Crippen LogP contribution in [0.4, 0.5) is 13.2 Å². The van der Waals surface area contributed by atoms with Crippen LogP contribution < -0.4 is 4.74 Å². The summed E-state index contributed by atoms with van der Waals surface area (Å²) in [6.45, 7) is -0.243. The van der Waals surface area contributed by atoms with Gasteiger partial charge in [-0.05, 0) is 60.2 Å². The van der Waals surface area contributed by atoms with Crippen molar-refractivity contribution in [2.45, 2.75) is 25.9 Å². The first kappa shape index (κ1) is 21.9. The lowest BCUT2D eigenvalue weighted by Crippen LogP contribution is -2.04. The molecule has 1 heterocycles. The zero-order valence-electron chi connectivity index (χ0n) is 16.7. The highest BCUT2D eigenvalue weighted by Gasteiger charge is 2.23. The molecular formula is C24H17ClF3NO3. The quantitative estimate of drug-likeness (QED) is 0.455. The topological polar surface area (TPSA) is 59.4 Å². The average molecular weight is 460 g/mol. The number of carbonyl (C=O) groups is 1. The molecule has 0 aliphatic heterocycles. The van der Waals surface area contributed by atoms with Gasteiger partial charge in [0.2, 0.25) is 5.88 Å². The van der Waals surface area contributed by atoms with Gasteiger partial charge >= 0.3 is 5.97 Å². The number of halogens is 4. The molecule has 3 aromatic rings. The Morgan fingerprint density at radius 2 is 1.84 bits per heavy atom. The molecule has 1 N–H and O–H groups in total. The Hall–Kier alpha value is -3.32. The first-order chi connectivity index (χ1) is 15.3. The number of hydrogen-bond donors (Lipinski definition) is 1. The Kier molecular flexibility index (Phi) is 6.19. The fourth-order valence-electron chi connectivity index (χ4n) is 3.80. The van der Waals surface area contributed by atoms with Gasteiger partial charge in [-0.3, -0.25) is 0 Å². The molecule has 0 spiro atoms. The molecule has 32 heavy (non-hydrogen) atoms. The van der Waals surface area contributed by atoms with Crippen LogP contribution in [0.1, 0.15) is 46.3 Å². The molecule has 1 aromatic heterocycles. The van der Waals surface area contributed by atoms with Crippen LogP contribution in [0.25, 0.3) is 11.1 Å². The number of aromatic carboxylic acids is 1. The third kappa shape index (κ3) is 4.34. The van der Waals surface area contributed by atoms with Crippen LogP contribution in [-0.4, -0.2) is 16.1 Å². The van der Waals surface area contributed by atoms with E-state index in [9.17, 15) is 23.1 Å². The summed E-state index contributed by atoms with van der Waals surface area (Å²) in [6, 6.07) is 9.45. The van der Waals surface area contributed by atoms with Gasteiger partial charge in [0.15, 0.2) is 11.6 Å². The second-order valence-corrected chi connectivity index (χ2v) is 7.75. The SMILES string of the molecule is O=C(O)c1cc(C2=C(c3cc(Cl)cnc3OCc3cccc(F)c3F)CCC2)ccc1F. The maximum Gasteiger partial charge on any atom is 0.338 e. The monoisotopic (exact) mass is 459 g/mol. The highest BCUT2D eigenvalue weighted by molar-refractivity contribution is 6.30.